The van der Waals surface area contributed by atoms with Crippen LogP contribution in [-0.2, 0) is 4.79 Å². The van der Waals surface area contributed by atoms with Gasteiger partial charge in [0.1, 0.15) is 5.82 Å². The summed E-state index contributed by atoms with van der Waals surface area (Å²) in [4.78, 5) is 18.0. The summed E-state index contributed by atoms with van der Waals surface area (Å²) in [5, 5.41) is 0. The molecule has 0 N–H and O–H groups in total. The second kappa shape index (κ2) is 4.48. The zero-order valence-electron chi connectivity index (χ0n) is 8.13. The highest BCUT2D eigenvalue weighted by molar-refractivity contribution is 5.55. The quantitative estimate of drug-likeness (QED) is 0.737. The number of halogens is 1. The van der Waals surface area contributed by atoms with Gasteiger partial charge in [-0.3, -0.25) is 4.79 Å². The normalized spacial score (nSPS) is 9.81. The van der Waals surface area contributed by atoms with Crippen molar-refractivity contribution < 1.29 is 13.9 Å². The van der Waals surface area contributed by atoms with E-state index in [1.807, 2.05) is 0 Å². The Morgan fingerprint density at radius 1 is 1.31 bits per heavy atom. The molecule has 2 aromatic rings. The number of nitrogens with zero attached hydrogens (tertiary/aromatic N) is 2. The molecular formula is C11H7FN2O2. The fourth-order valence-corrected chi connectivity index (χ4v) is 1.22. The molecule has 1 aromatic carbocycles. The molecule has 0 aliphatic rings. The number of carbonyl (C=O) groups excluding carboxylic acids is 1. The van der Waals surface area contributed by atoms with Crippen molar-refractivity contribution in [3.8, 4) is 17.3 Å². The van der Waals surface area contributed by atoms with Crippen LogP contribution >= 0.6 is 0 Å². The molecule has 0 saturated carbocycles. The predicted molar refractivity (Wildman–Crippen MR) is 54.1 cm³/mol. The van der Waals surface area contributed by atoms with Crippen molar-refractivity contribution in [3.63, 3.8) is 0 Å². The van der Waals surface area contributed by atoms with E-state index in [4.69, 9.17) is 0 Å². The van der Waals surface area contributed by atoms with Gasteiger partial charge in [0.25, 0.3) is 6.47 Å². The van der Waals surface area contributed by atoms with Gasteiger partial charge in [0.15, 0.2) is 5.82 Å². The molecule has 0 bridgehead atoms. The van der Waals surface area contributed by atoms with Gasteiger partial charge in [-0.2, -0.15) is 4.98 Å². The fourth-order valence-electron chi connectivity index (χ4n) is 1.22. The molecule has 2 rings (SSSR count). The van der Waals surface area contributed by atoms with Gasteiger partial charge >= 0.3 is 0 Å². The number of carbonyl (C=O) groups is 1. The maximum atomic E-state index is 13.0. The van der Waals surface area contributed by atoms with Gasteiger partial charge in [0.05, 0.1) is 0 Å². The molecule has 4 nitrogen and oxygen atoms in total. The summed E-state index contributed by atoms with van der Waals surface area (Å²) in [5.74, 6) is 0.0610. The van der Waals surface area contributed by atoms with Crippen LogP contribution in [0.2, 0.25) is 0 Å². The van der Waals surface area contributed by atoms with Crippen LogP contribution in [0, 0.1) is 5.82 Å². The Labute approximate surface area is 90.7 Å². The van der Waals surface area contributed by atoms with Crippen LogP contribution in [0.15, 0.2) is 36.5 Å². The molecule has 5 heteroatoms. The van der Waals surface area contributed by atoms with E-state index in [0.29, 0.717) is 11.4 Å². The first-order valence-corrected chi connectivity index (χ1v) is 4.49. The minimum atomic E-state index is -0.372. The summed E-state index contributed by atoms with van der Waals surface area (Å²) in [6.45, 7) is 0.275. The Hall–Kier alpha value is -2.30. The van der Waals surface area contributed by atoms with E-state index in [2.05, 4.69) is 14.7 Å². The van der Waals surface area contributed by atoms with E-state index in [1.165, 1.54) is 24.4 Å². The fraction of sp³-hybridized carbons (Fsp3) is 0. The van der Waals surface area contributed by atoms with E-state index < -0.39 is 0 Å². The zero-order valence-corrected chi connectivity index (χ0v) is 8.13. The van der Waals surface area contributed by atoms with Crippen LogP contribution in [0.25, 0.3) is 11.4 Å². The van der Waals surface area contributed by atoms with Crippen LogP contribution in [0.1, 0.15) is 0 Å². The van der Waals surface area contributed by atoms with Gasteiger partial charge in [0.2, 0.25) is 5.88 Å². The summed E-state index contributed by atoms with van der Waals surface area (Å²) in [6, 6.07) is 7.30. The molecule has 16 heavy (non-hydrogen) atoms. The smallest absolute Gasteiger partial charge is 0.299 e. The first-order chi connectivity index (χ1) is 7.79. The third-order valence-corrected chi connectivity index (χ3v) is 1.88. The molecule has 0 spiro atoms. The summed E-state index contributed by atoms with van der Waals surface area (Å²) in [5.41, 5.74) is 0.524. The highest BCUT2D eigenvalue weighted by Crippen LogP contribution is 2.17. The lowest BCUT2D eigenvalue weighted by molar-refractivity contribution is -0.120. The van der Waals surface area contributed by atoms with Crippen LogP contribution in [-0.4, -0.2) is 16.4 Å². The van der Waals surface area contributed by atoms with Crippen LogP contribution < -0.4 is 4.74 Å². The Kier molecular flexibility index (Phi) is 2.86. The second-order valence-electron chi connectivity index (χ2n) is 2.94. The number of hydrogen-bond donors (Lipinski definition) is 0. The Bertz CT molecular complexity index is 517. The summed E-state index contributed by atoms with van der Waals surface area (Å²) in [6.07, 6.45) is 1.44. The minimum absolute atomic E-state index is 0.129. The summed E-state index contributed by atoms with van der Waals surface area (Å²) < 4.78 is 17.5. The van der Waals surface area contributed by atoms with Gasteiger partial charge in [0, 0.05) is 17.8 Å². The molecule has 0 saturated heterocycles. The van der Waals surface area contributed by atoms with Crippen LogP contribution in [0.5, 0.6) is 5.88 Å². The van der Waals surface area contributed by atoms with E-state index >= 15 is 0 Å². The first kappa shape index (κ1) is 10.2. The topological polar surface area (TPSA) is 52.1 Å². The maximum Gasteiger partial charge on any atom is 0.299 e. The SMILES string of the molecule is O=COc1ccnc(-c2cccc(F)c2)n1. The second-order valence-corrected chi connectivity index (χ2v) is 2.94. The third-order valence-electron chi connectivity index (χ3n) is 1.88. The molecule has 0 amide bonds. The van der Waals surface area contributed by atoms with Gasteiger partial charge < -0.3 is 4.74 Å². The number of ether oxygens (including phenoxy) is 1. The molecule has 1 heterocycles. The van der Waals surface area contributed by atoms with Crippen molar-refractivity contribution >= 4 is 6.47 Å². The number of hydrogen-bond acceptors (Lipinski definition) is 4. The molecule has 0 unspecified atom stereocenters. The van der Waals surface area contributed by atoms with Crippen molar-refractivity contribution in [1.82, 2.24) is 9.97 Å². The maximum absolute atomic E-state index is 13.0. The van der Waals surface area contributed by atoms with Gasteiger partial charge in [-0.05, 0) is 12.1 Å². The lowest BCUT2D eigenvalue weighted by Crippen LogP contribution is -1.95. The van der Waals surface area contributed by atoms with Crippen molar-refractivity contribution in [2.45, 2.75) is 0 Å². The molecule has 0 fully saturated rings. The van der Waals surface area contributed by atoms with Crippen molar-refractivity contribution in [2.75, 3.05) is 0 Å². The minimum Gasteiger partial charge on any atom is -0.410 e. The van der Waals surface area contributed by atoms with Gasteiger partial charge in [-0.1, -0.05) is 12.1 Å². The molecule has 0 radical (unpaired) electrons. The van der Waals surface area contributed by atoms with Crippen LogP contribution in [0.4, 0.5) is 4.39 Å². The number of aromatic nitrogens is 2. The van der Waals surface area contributed by atoms with E-state index in [1.54, 1.807) is 12.1 Å². The van der Waals surface area contributed by atoms with Gasteiger partial charge in [-0.15, -0.1) is 0 Å². The van der Waals surface area contributed by atoms with Crippen molar-refractivity contribution in [2.24, 2.45) is 0 Å². The third kappa shape index (κ3) is 2.20. The standard InChI is InChI=1S/C11H7FN2O2/c12-9-3-1-2-8(6-9)11-13-5-4-10(14-11)16-7-15/h1-7H. The van der Waals surface area contributed by atoms with Gasteiger partial charge in [-0.25, -0.2) is 9.37 Å². The first-order valence-electron chi connectivity index (χ1n) is 4.49. The Balaban J connectivity index is 2.40. The summed E-state index contributed by atoms with van der Waals surface area (Å²) >= 11 is 0. The average Bonchev–Trinajstić information content (AvgIpc) is 2.30. The van der Waals surface area contributed by atoms with E-state index in [-0.39, 0.29) is 18.2 Å². The molecule has 80 valence electrons. The molecule has 1 aromatic heterocycles. The lowest BCUT2D eigenvalue weighted by atomic mass is 10.2. The molecule has 0 aliphatic carbocycles. The van der Waals surface area contributed by atoms with E-state index in [0.717, 1.165) is 0 Å². The monoisotopic (exact) mass is 218 g/mol. The Morgan fingerprint density at radius 3 is 2.94 bits per heavy atom. The molecule has 0 aliphatic heterocycles. The average molecular weight is 218 g/mol. The zero-order chi connectivity index (χ0) is 11.4. The highest BCUT2D eigenvalue weighted by atomic mass is 19.1. The van der Waals surface area contributed by atoms with E-state index in [9.17, 15) is 9.18 Å². The lowest BCUT2D eigenvalue weighted by Gasteiger charge is -2.01. The highest BCUT2D eigenvalue weighted by Gasteiger charge is 2.04. The summed E-state index contributed by atoms with van der Waals surface area (Å²) in [7, 11) is 0. The molecular weight excluding hydrogens is 211 g/mol. The number of benzene rings is 1. The molecule has 0 atom stereocenters. The van der Waals surface area contributed by atoms with Crippen LogP contribution in [0.3, 0.4) is 0 Å². The predicted octanol–water partition coefficient (Wildman–Crippen LogP) is 1.82. The number of rotatable bonds is 3. The van der Waals surface area contributed by atoms with Crippen molar-refractivity contribution in [3.05, 3.63) is 42.3 Å². The Morgan fingerprint density at radius 2 is 2.19 bits per heavy atom. The van der Waals surface area contributed by atoms with Crippen molar-refractivity contribution in [1.29, 1.82) is 0 Å². The largest absolute Gasteiger partial charge is 0.410 e.